The van der Waals surface area contributed by atoms with E-state index in [9.17, 15) is 23.0 Å². The monoisotopic (exact) mass is 576 g/mol. The summed E-state index contributed by atoms with van der Waals surface area (Å²) in [5.41, 5.74) is -0.403. The van der Waals surface area contributed by atoms with Gasteiger partial charge in [0.05, 0.1) is 37.5 Å². The normalized spacial score (nSPS) is 12.7. The van der Waals surface area contributed by atoms with Crippen molar-refractivity contribution in [1.29, 1.82) is 0 Å². The van der Waals surface area contributed by atoms with E-state index in [1.165, 1.54) is 32.0 Å². The van der Waals surface area contributed by atoms with E-state index in [0.29, 0.717) is 16.8 Å². The van der Waals surface area contributed by atoms with Crippen molar-refractivity contribution in [3.8, 4) is 28.2 Å². The Morgan fingerprint density at radius 3 is 2.08 bits per heavy atom. The molecule has 6 nitrogen and oxygen atoms in total. The largest absolute Gasteiger partial charge is 0.386 e. The van der Waals surface area contributed by atoms with E-state index in [2.05, 4.69) is 4.98 Å². The fraction of sp³-hybridized carbons (Fsp3) is 0.250. The number of rotatable bonds is 6. The summed E-state index contributed by atoms with van der Waals surface area (Å²) in [7, 11) is -3.64. The third-order valence-electron chi connectivity index (χ3n) is 6.10. The summed E-state index contributed by atoms with van der Waals surface area (Å²) >= 11 is 13.0. The predicted octanol–water partition coefficient (Wildman–Crippen LogP) is 6.51. The number of hydrogen-bond acceptors (Lipinski definition) is 5. The summed E-state index contributed by atoms with van der Waals surface area (Å²) in [6, 6.07) is 14.2. The minimum atomic E-state index is -3.64. The number of benzene rings is 3. The van der Waals surface area contributed by atoms with E-state index in [0.717, 1.165) is 6.26 Å². The molecule has 0 aliphatic heterocycles. The van der Waals surface area contributed by atoms with Crippen LogP contribution in [-0.2, 0) is 21.0 Å². The van der Waals surface area contributed by atoms with Crippen LogP contribution in [0.25, 0.3) is 28.2 Å². The molecule has 0 saturated carbocycles. The molecular weight excluding hydrogens is 550 g/mol. The summed E-state index contributed by atoms with van der Waals surface area (Å²) < 4.78 is 41.4. The van der Waals surface area contributed by atoms with E-state index < -0.39 is 26.9 Å². The highest BCUT2D eigenvalue weighted by atomic mass is 35.5. The Balaban J connectivity index is 1.89. The zero-order valence-corrected chi connectivity index (χ0v) is 23.7. The van der Waals surface area contributed by atoms with Crippen LogP contribution in [0.5, 0.6) is 0 Å². The first kappa shape index (κ1) is 28.3. The Morgan fingerprint density at radius 2 is 1.53 bits per heavy atom. The molecule has 0 atom stereocenters. The Labute approximate surface area is 231 Å². The van der Waals surface area contributed by atoms with E-state index in [1.807, 2.05) is 0 Å². The SMILES string of the molecule is CC(C)(O)c1cn(-c2ccc(-c3ccc(C(C)(C)O)c(S(C)(=O)=O)c3)cc2Cl)c(-c2c(F)cccc2Cl)n1. The minimum Gasteiger partial charge on any atom is -0.386 e. The van der Waals surface area contributed by atoms with Gasteiger partial charge >= 0.3 is 0 Å². The van der Waals surface area contributed by atoms with Gasteiger partial charge in [-0.1, -0.05) is 47.5 Å². The summed E-state index contributed by atoms with van der Waals surface area (Å²) in [4.78, 5) is 4.50. The molecule has 38 heavy (non-hydrogen) atoms. The van der Waals surface area contributed by atoms with Crippen LogP contribution in [0.15, 0.2) is 65.7 Å². The van der Waals surface area contributed by atoms with Crippen LogP contribution in [-0.4, -0.2) is 34.4 Å². The molecule has 0 aliphatic rings. The highest BCUT2D eigenvalue weighted by molar-refractivity contribution is 7.90. The minimum absolute atomic E-state index is 0.0172. The van der Waals surface area contributed by atoms with E-state index in [4.69, 9.17) is 23.2 Å². The van der Waals surface area contributed by atoms with Crippen LogP contribution in [0.2, 0.25) is 10.0 Å². The van der Waals surface area contributed by atoms with Crippen LogP contribution < -0.4 is 0 Å². The second kappa shape index (κ2) is 9.77. The molecule has 0 aliphatic carbocycles. The van der Waals surface area contributed by atoms with Crippen molar-refractivity contribution in [1.82, 2.24) is 9.55 Å². The molecular formula is C28H27Cl2FN2O4S. The molecule has 0 bridgehead atoms. The predicted molar refractivity (Wildman–Crippen MR) is 148 cm³/mol. The second-order valence-electron chi connectivity index (χ2n) is 10.2. The van der Waals surface area contributed by atoms with Gasteiger partial charge in [-0.25, -0.2) is 17.8 Å². The summed E-state index contributed by atoms with van der Waals surface area (Å²) in [5.74, 6) is -0.423. The Morgan fingerprint density at radius 1 is 0.895 bits per heavy atom. The molecule has 4 aromatic rings. The molecule has 0 saturated heterocycles. The fourth-order valence-corrected chi connectivity index (χ4v) is 5.72. The lowest BCUT2D eigenvalue weighted by atomic mass is 9.95. The van der Waals surface area contributed by atoms with Gasteiger partial charge in [0.25, 0.3) is 0 Å². The van der Waals surface area contributed by atoms with Gasteiger partial charge in [-0.15, -0.1) is 0 Å². The third-order valence-corrected chi connectivity index (χ3v) is 7.85. The van der Waals surface area contributed by atoms with Gasteiger partial charge in [0.15, 0.2) is 9.84 Å². The Bertz CT molecular complexity index is 1630. The maximum atomic E-state index is 14.9. The van der Waals surface area contributed by atoms with E-state index >= 15 is 0 Å². The average molecular weight is 578 g/mol. The third kappa shape index (κ3) is 5.51. The lowest BCUT2D eigenvalue weighted by Crippen LogP contribution is -2.19. The van der Waals surface area contributed by atoms with Crippen molar-refractivity contribution in [2.75, 3.05) is 6.26 Å². The molecule has 0 radical (unpaired) electrons. The maximum absolute atomic E-state index is 14.9. The molecule has 0 spiro atoms. The number of hydrogen-bond donors (Lipinski definition) is 2. The van der Waals surface area contributed by atoms with Gasteiger partial charge in [-0.3, -0.25) is 4.57 Å². The number of imidazole rings is 1. The molecule has 1 aromatic heterocycles. The first-order valence-electron chi connectivity index (χ1n) is 11.6. The zero-order chi connectivity index (χ0) is 28.2. The second-order valence-corrected chi connectivity index (χ2v) is 13.0. The van der Waals surface area contributed by atoms with E-state index in [1.54, 1.807) is 61.0 Å². The fourth-order valence-electron chi connectivity index (χ4n) is 4.14. The topological polar surface area (TPSA) is 92.4 Å². The summed E-state index contributed by atoms with van der Waals surface area (Å²) in [6.07, 6.45) is 2.66. The summed E-state index contributed by atoms with van der Waals surface area (Å²) in [6.45, 7) is 6.17. The standard InChI is InChI=1S/C28H27Cl2FN2O4S/c1-27(2,34)18-11-9-17(14-23(18)38(5,36)37)16-10-12-22(20(30)13-16)33-15-24(28(3,4)35)32-26(33)25-19(29)7-6-8-21(25)31/h6-15,34-35H,1-5H3. The smallest absolute Gasteiger partial charge is 0.175 e. The van der Waals surface area contributed by atoms with Gasteiger partial charge in [0.2, 0.25) is 0 Å². The average Bonchev–Trinajstić information content (AvgIpc) is 3.22. The number of aliphatic hydroxyl groups is 2. The first-order valence-corrected chi connectivity index (χ1v) is 14.3. The van der Waals surface area contributed by atoms with Gasteiger partial charge < -0.3 is 10.2 Å². The van der Waals surface area contributed by atoms with Gasteiger partial charge in [-0.2, -0.15) is 0 Å². The first-order chi connectivity index (χ1) is 17.5. The quantitative estimate of drug-likeness (QED) is 0.273. The molecule has 200 valence electrons. The van der Waals surface area contributed by atoms with Crippen LogP contribution in [0, 0.1) is 5.82 Å². The van der Waals surface area contributed by atoms with Crippen LogP contribution in [0.1, 0.15) is 39.0 Å². The van der Waals surface area contributed by atoms with Crippen molar-refractivity contribution in [2.24, 2.45) is 0 Å². The van der Waals surface area contributed by atoms with Crippen LogP contribution in [0.4, 0.5) is 4.39 Å². The van der Waals surface area contributed by atoms with Crippen molar-refractivity contribution in [2.45, 2.75) is 43.8 Å². The van der Waals surface area contributed by atoms with Gasteiger partial charge in [0.1, 0.15) is 17.2 Å². The Kier molecular flexibility index (Phi) is 7.27. The van der Waals surface area contributed by atoms with Crippen molar-refractivity contribution in [3.05, 3.63) is 87.9 Å². The molecule has 0 amide bonds. The zero-order valence-electron chi connectivity index (χ0n) is 21.4. The van der Waals surface area contributed by atoms with Crippen LogP contribution in [0.3, 0.4) is 0 Å². The molecule has 2 N–H and O–H groups in total. The number of sulfone groups is 1. The number of halogens is 3. The van der Waals surface area contributed by atoms with Crippen molar-refractivity contribution >= 4 is 33.0 Å². The van der Waals surface area contributed by atoms with Gasteiger partial charge in [-0.05, 0) is 69.2 Å². The molecule has 0 unspecified atom stereocenters. The van der Waals surface area contributed by atoms with E-state index in [-0.39, 0.29) is 37.6 Å². The van der Waals surface area contributed by atoms with Gasteiger partial charge in [0, 0.05) is 18.0 Å². The highest BCUT2D eigenvalue weighted by Crippen LogP contribution is 2.37. The number of nitrogens with zero attached hydrogens (tertiary/aromatic N) is 2. The highest BCUT2D eigenvalue weighted by Gasteiger charge is 2.27. The molecule has 3 aromatic carbocycles. The number of aromatic nitrogens is 2. The summed E-state index contributed by atoms with van der Waals surface area (Å²) in [5, 5.41) is 21.5. The van der Waals surface area contributed by atoms with Crippen molar-refractivity contribution in [3.63, 3.8) is 0 Å². The van der Waals surface area contributed by atoms with Crippen molar-refractivity contribution < 1.29 is 23.0 Å². The lowest BCUT2D eigenvalue weighted by molar-refractivity contribution is 0.0741. The molecule has 0 fully saturated rings. The molecule has 1 heterocycles. The maximum Gasteiger partial charge on any atom is 0.175 e. The lowest BCUT2D eigenvalue weighted by Gasteiger charge is -2.22. The molecule has 10 heteroatoms. The Hall–Kier alpha value is -2.75. The van der Waals surface area contributed by atoms with Crippen LogP contribution >= 0.6 is 23.2 Å². The molecule has 4 rings (SSSR count).